The van der Waals surface area contributed by atoms with Crippen LogP contribution in [-0.4, -0.2) is 52.8 Å². The molecule has 30 heavy (non-hydrogen) atoms. The molecule has 4 rings (SSSR count). The largest absolute Gasteiger partial charge is 0.503 e. The van der Waals surface area contributed by atoms with Crippen LogP contribution in [-0.2, 0) is 4.79 Å². The predicted molar refractivity (Wildman–Crippen MR) is 111 cm³/mol. The molecule has 1 N–H and O–H groups in total. The maximum atomic E-state index is 13.3. The summed E-state index contributed by atoms with van der Waals surface area (Å²) in [6, 6.07) is 11.5. The molecule has 1 aliphatic rings. The second kappa shape index (κ2) is 8.20. The summed E-state index contributed by atoms with van der Waals surface area (Å²) in [7, 11) is 0. The fourth-order valence-electron chi connectivity index (χ4n) is 3.87. The molecule has 0 saturated heterocycles. The van der Waals surface area contributed by atoms with Crippen LogP contribution in [0.15, 0.2) is 68.9 Å². The molecule has 0 spiro atoms. The number of para-hydroxylation sites is 1. The number of aliphatic hydroxyl groups excluding tert-OH is 1. The van der Waals surface area contributed by atoms with Gasteiger partial charge in [-0.2, -0.15) is 0 Å². The van der Waals surface area contributed by atoms with Crippen LogP contribution >= 0.6 is 0 Å². The molecule has 0 saturated carbocycles. The SMILES string of the molecule is CCN(CC)CCN1C(=O)C(O)=C(C(=O)c2cc3ccccc3o2)[C@H]1c1ccco1. The maximum absolute atomic E-state index is 13.3. The minimum Gasteiger partial charge on any atom is -0.503 e. The molecule has 1 amide bonds. The highest BCUT2D eigenvalue weighted by molar-refractivity contribution is 6.15. The number of carbonyl (C=O) groups excluding carboxylic acids is 2. The van der Waals surface area contributed by atoms with E-state index < -0.39 is 23.5 Å². The van der Waals surface area contributed by atoms with Crippen molar-refractivity contribution in [2.45, 2.75) is 19.9 Å². The van der Waals surface area contributed by atoms with Gasteiger partial charge in [-0.25, -0.2) is 0 Å². The molecule has 0 fully saturated rings. The van der Waals surface area contributed by atoms with Gasteiger partial charge in [0, 0.05) is 18.5 Å². The molecule has 1 aromatic carbocycles. The van der Waals surface area contributed by atoms with Crippen molar-refractivity contribution in [2.75, 3.05) is 26.2 Å². The van der Waals surface area contributed by atoms with Gasteiger partial charge in [-0.05, 0) is 37.4 Å². The van der Waals surface area contributed by atoms with Crippen LogP contribution in [0, 0.1) is 0 Å². The van der Waals surface area contributed by atoms with Crippen LogP contribution in [0.3, 0.4) is 0 Å². The van der Waals surface area contributed by atoms with Gasteiger partial charge in [0.25, 0.3) is 5.91 Å². The molecule has 0 aliphatic carbocycles. The van der Waals surface area contributed by atoms with Crippen molar-refractivity contribution in [2.24, 2.45) is 0 Å². The van der Waals surface area contributed by atoms with Gasteiger partial charge < -0.3 is 23.7 Å². The first kappa shape index (κ1) is 20.0. The number of nitrogens with zero attached hydrogens (tertiary/aromatic N) is 2. The number of furan rings is 2. The van der Waals surface area contributed by atoms with Crippen molar-refractivity contribution in [3.05, 3.63) is 71.6 Å². The van der Waals surface area contributed by atoms with Gasteiger partial charge in [0.1, 0.15) is 17.4 Å². The highest BCUT2D eigenvalue weighted by Crippen LogP contribution is 2.39. The Balaban J connectivity index is 1.71. The zero-order chi connectivity index (χ0) is 21.3. The zero-order valence-electron chi connectivity index (χ0n) is 17.0. The third-order valence-electron chi connectivity index (χ3n) is 5.56. The number of benzene rings is 1. The summed E-state index contributed by atoms with van der Waals surface area (Å²) in [5, 5.41) is 11.4. The van der Waals surface area contributed by atoms with Gasteiger partial charge in [0.05, 0.1) is 11.8 Å². The summed E-state index contributed by atoms with van der Waals surface area (Å²) in [4.78, 5) is 29.9. The number of aliphatic hydroxyl groups is 1. The van der Waals surface area contributed by atoms with Crippen LogP contribution in [0.25, 0.3) is 11.0 Å². The van der Waals surface area contributed by atoms with E-state index in [1.54, 1.807) is 24.3 Å². The van der Waals surface area contributed by atoms with Crippen molar-refractivity contribution in [3.63, 3.8) is 0 Å². The number of fused-ring (bicyclic) bond motifs is 1. The van der Waals surface area contributed by atoms with E-state index in [0.717, 1.165) is 18.5 Å². The van der Waals surface area contributed by atoms with Crippen LogP contribution in [0.5, 0.6) is 0 Å². The molecule has 3 aromatic rings. The van der Waals surface area contributed by atoms with Crippen LogP contribution < -0.4 is 0 Å². The number of rotatable bonds is 8. The molecular formula is C23H24N2O5. The number of Topliss-reactive ketones (excluding diaryl/α,β-unsaturated/α-hetero) is 1. The van der Waals surface area contributed by atoms with Gasteiger partial charge >= 0.3 is 0 Å². The molecule has 1 atom stereocenters. The molecule has 7 nitrogen and oxygen atoms in total. The Morgan fingerprint density at radius 3 is 2.60 bits per heavy atom. The molecule has 2 aromatic heterocycles. The fraction of sp³-hybridized carbons (Fsp3) is 0.304. The van der Waals surface area contributed by atoms with Crippen molar-refractivity contribution in [1.82, 2.24) is 9.80 Å². The second-order valence-corrected chi connectivity index (χ2v) is 7.18. The van der Waals surface area contributed by atoms with E-state index in [2.05, 4.69) is 4.90 Å². The first-order valence-corrected chi connectivity index (χ1v) is 10.1. The lowest BCUT2D eigenvalue weighted by Gasteiger charge is -2.27. The Labute approximate surface area is 174 Å². The molecular weight excluding hydrogens is 384 g/mol. The monoisotopic (exact) mass is 408 g/mol. The Morgan fingerprint density at radius 2 is 1.93 bits per heavy atom. The molecule has 156 valence electrons. The minimum atomic E-state index is -0.802. The van der Waals surface area contributed by atoms with E-state index in [1.807, 2.05) is 32.0 Å². The lowest BCUT2D eigenvalue weighted by molar-refractivity contribution is -0.129. The molecule has 0 bridgehead atoms. The topological polar surface area (TPSA) is 87.1 Å². The van der Waals surface area contributed by atoms with Gasteiger partial charge in [-0.3, -0.25) is 9.59 Å². The summed E-state index contributed by atoms with van der Waals surface area (Å²) in [6.45, 7) is 6.75. The maximum Gasteiger partial charge on any atom is 0.290 e. The summed E-state index contributed by atoms with van der Waals surface area (Å²) in [6.07, 6.45) is 1.49. The van der Waals surface area contributed by atoms with E-state index in [-0.39, 0.29) is 11.3 Å². The first-order valence-electron chi connectivity index (χ1n) is 10.1. The van der Waals surface area contributed by atoms with E-state index >= 15 is 0 Å². The van der Waals surface area contributed by atoms with Gasteiger partial charge in [-0.15, -0.1) is 0 Å². The summed E-state index contributed by atoms with van der Waals surface area (Å²) in [5.41, 5.74) is 0.548. The molecule has 3 heterocycles. The van der Waals surface area contributed by atoms with Gasteiger partial charge in [0.15, 0.2) is 11.5 Å². The Bertz CT molecular complexity index is 1060. The fourth-order valence-corrected chi connectivity index (χ4v) is 3.87. The number of hydrogen-bond donors (Lipinski definition) is 1. The molecule has 0 unspecified atom stereocenters. The van der Waals surface area contributed by atoms with Crippen LogP contribution in [0.4, 0.5) is 0 Å². The number of hydrogen-bond acceptors (Lipinski definition) is 6. The van der Waals surface area contributed by atoms with Crippen molar-refractivity contribution in [3.8, 4) is 0 Å². The molecule has 0 radical (unpaired) electrons. The smallest absolute Gasteiger partial charge is 0.290 e. The number of likely N-dealkylation sites (N-methyl/N-ethyl adjacent to an activating group) is 1. The minimum absolute atomic E-state index is 0.0199. The van der Waals surface area contributed by atoms with Crippen LogP contribution in [0.2, 0.25) is 0 Å². The average molecular weight is 408 g/mol. The Morgan fingerprint density at radius 1 is 1.17 bits per heavy atom. The quantitative estimate of drug-likeness (QED) is 0.568. The highest BCUT2D eigenvalue weighted by Gasteiger charge is 2.45. The van der Waals surface area contributed by atoms with E-state index in [0.29, 0.717) is 24.4 Å². The summed E-state index contributed by atoms with van der Waals surface area (Å²) < 4.78 is 11.2. The van der Waals surface area contributed by atoms with E-state index in [4.69, 9.17) is 8.83 Å². The number of ketones is 1. The molecule has 1 aliphatic heterocycles. The summed E-state index contributed by atoms with van der Waals surface area (Å²) >= 11 is 0. The zero-order valence-corrected chi connectivity index (χ0v) is 17.0. The summed E-state index contributed by atoms with van der Waals surface area (Å²) in [5.74, 6) is -1.16. The average Bonchev–Trinajstić information content (AvgIpc) is 3.48. The molecule has 7 heteroatoms. The van der Waals surface area contributed by atoms with Gasteiger partial charge in [-0.1, -0.05) is 32.0 Å². The standard InChI is InChI=1S/C23H24N2O5/c1-3-24(4-2)11-12-25-20(17-10-7-13-29-17)19(22(27)23(25)28)21(26)18-14-15-8-5-6-9-16(15)30-18/h5-10,13-14,20,27H,3-4,11-12H2,1-2H3/t20-/m1/s1. The lowest BCUT2D eigenvalue weighted by Crippen LogP contribution is -2.38. The third-order valence-corrected chi connectivity index (χ3v) is 5.56. The van der Waals surface area contributed by atoms with E-state index in [1.165, 1.54) is 11.2 Å². The third kappa shape index (κ3) is 3.41. The van der Waals surface area contributed by atoms with Crippen LogP contribution in [0.1, 0.15) is 36.2 Å². The predicted octanol–water partition coefficient (Wildman–Crippen LogP) is 3.95. The highest BCUT2D eigenvalue weighted by atomic mass is 16.3. The Kier molecular flexibility index (Phi) is 5.46. The number of carbonyl (C=O) groups is 2. The number of amides is 1. The lowest BCUT2D eigenvalue weighted by atomic mass is 9.99. The Hall–Kier alpha value is -3.32. The van der Waals surface area contributed by atoms with Crippen molar-refractivity contribution >= 4 is 22.7 Å². The van der Waals surface area contributed by atoms with E-state index in [9.17, 15) is 14.7 Å². The van der Waals surface area contributed by atoms with Crippen molar-refractivity contribution < 1.29 is 23.5 Å². The van der Waals surface area contributed by atoms with Gasteiger partial charge in [0.2, 0.25) is 5.78 Å². The first-order chi connectivity index (χ1) is 14.5. The second-order valence-electron chi connectivity index (χ2n) is 7.18. The normalized spacial score (nSPS) is 17.0. The van der Waals surface area contributed by atoms with Crippen molar-refractivity contribution in [1.29, 1.82) is 0 Å².